The second-order valence-electron chi connectivity index (χ2n) is 9.68. The lowest BCUT2D eigenvalue weighted by Gasteiger charge is -2.42. The number of anilines is 1. The first kappa shape index (κ1) is 25.7. The van der Waals surface area contributed by atoms with Crippen molar-refractivity contribution in [1.29, 1.82) is 0 Å². The highest BCUT2D eigenvalue weighted by atomic mass is 35.5. The SMILES string of the molecule is CC1(C)CC(=O)C2=C(C1)N(c1nnc(SCc3ccccc3Cl)s1)C(=O)C[C@H]2c1ccc(Cl)cc1Cl. The first-order valence-corrected chi connectivity index (χ1v) is 14.3. The summed E-state index contributed by atoms with van der Waals surface area (Å²) in [6.07, 6.45) is 1.10. The molecule has 0 spiro atoms. The summed E-state index contributed by atoms with van der Waals surface area (Å²) in [5.41, 5.74) is 2.79. The third-order valence-electron chi connectivity index (χ3n) is 6.38. The quantitative estimate of drug-likeness (QED) is 0.227. The molecule has 1 amide bonds. The van der Waals surface area contributed by atoms with Crippen molar-refractivity contribution in [3.8, 4) is 0 Å². The minimum absolute atomic E-state index is 0.0348. The maximum Gasteiger partial charge on any atom is 0.234 e. The third kappa shape index (κ3) is 5.09. The Balaban J connectivity index is 1.51. The van der Waals surface area contributed by atoms with Crippen molar-refractivity contribution < 1.29 is 9.59 Å². The minimum Gasteiger partial charge on any atom is -0.294 e. The first-order valence-electron chi connectivity index (χ1n) is 11.4. The van der Waals surface area contributed by atoms with Gasteiger partial charge in [-0.3, -0.25) is 14.5 Å². The van der Waals surface area contributed by atoms with Crippen LogP contribution in [0.5, 0.6) is 0 Å². The largest absolute Gasteiger partial charge is 0.294 e. The molecule has 0 unspecified atom stereocenters. The summed E-state index contributed by atoms with van der Waals surface area (Å²) in [6, 6.07) is 12.9. The van der Waals surface area contributed by atoms with Gasteiger partial charge < -0.3 is 0 Å². The maximum absolute atomic E-state index is 13.6. The van der Waals surface area contributed by atoms with E-state index in [4.69, 9.17) is 34.8 Å². The summed E-state index contributed by atoms with van der Waals surface area (Å²) >= 11 is 21.8. The Kier molecular flexibility index (Phi) is 7.22. The average molecular weight is 579 g/mol. The van der Waals surface area contributed by atoms with Crippen LogP contribution in [0, 0.1) is 5.41 Å². The number of carbonyl (C=O) groups excluding carboxylic acids is 2. The van der Waals surface area contributed by atoms with Gasteiger partial charge in [-0.2, -0.15) is 0 Å². The molecule has 1 aliphatic heterocycles. The predicted molar refractivity (Wildman–Crippen MR) is 147 cm³/mol. The molecule has 10 heteroatoms. The molecule has 36 heavy (non-hydrogen) atoms. The zero-order valence-corrected chi connectivity index (χ0v) is 23.5. The first-order chi connectivity index (χ1) is 17.1. The number of ketones is 1. The number of hydrogen-bond acceptors (Lipinski definition) is 6. The number of benzene rings is 2. The summed E-state index contributed by atoms with van der Waals surface area (Å²) in [5.74, 6) is 0.125. The van der Waals surface area contributed by atoms with Crippen LogP contribution in [0.2, 0.25) is 15.1 Å². The van der Waals surface area contributed by atoms with Gasteiger partial charge in [0, 0.05) is 50.9 Å². The molecule has 0 fully saturated rings. The standard InChI is InChI=1S/C26H22Cl3N3O2S2/c1-26(2)11-20-23(21(33)12-26)17(16-8-7-15(27)9-19(16)29)10-22(34)32(20)24-30-31-25(36-24)35-13-14-5-3-4-6-18(14)28/h3-9,17H,10-13H2,1-2H3/t17-/m0/s1. The number of allylic oxidation sites excluding steroid dienone is 2. The molecule has 3 aromatic rings. The van der Waals surface area contributed by atoms with Gasteiger partial charge in [-0.25, -0.2) is 0 Å². The van der Waals surface area contributed by atoms with E-state index in [1.807, 2.05) is 44.2 Å². The van der Waals surface area contributed by atoms with Crippen LogP contribution in [0.4, 0.5) is 5.13 Å². The van der Waals surface area contributed by atoms with E-state index in [1.54, 1.807) is 17.0 Å². The number of rotatable bonds is 5. The van der Waals surface area contributed by atoms with E-state index >= 15 is 0 Å². The normalized spacial score (nSPS) is 19.6. The number of aromatic nitrogens is 2. The highest BCUT2D eigenvalue weighted by Crippen LogP contribution is 2.50. The van der Waals surface area contributed by atoms with Crippen LogP contribution in [-0.2, 0) is 15.3 Å². The molecule has 0 radical (unpaired) electrons. The molecule has 1 atom stereocenters. The molecule has 5 rings (SSSR count). The fourth-order valence-corrected chi connectivity index (χ4v) is 7.50. The second kappa shape index (κ2) is 10.1. The summed E-state index contributed by atoms with van der Waals surface area (Å²) < 4.78 is 0.726. The zero-order chi connectivity index (χ0) is 25.6. The Morgan fingerprint density at radius 1 is 1.06 bits per heavy atom. The van der Waals surface area contributed by atoms with Gasteiger partial charge >= 0.3 is 0 Å². The summed E-state index contributed by atoms with van der Waals surface area (Å²) in [5, 5.41) is 10.8. The number of thioether (sulfide) groups is 1. The second-order valence-corrected chi connectivity index (χ2v) is 13.1. The lowest BCUT2D eigenvalue weighted by Crippen LogP contribution is -2.43. The Hall–Kier alpha value is -1.90. The van der Waals surface area contributed by atoms with Crippen molar-refractivity contribution in [1.82, 2.24) is 10.2 Å². The molecule has 1 aliphatic carbocycles. The van der Waals surface area contributed by atoms with Crippen LogP contribution in [0.3, 0.4) is 0 Å². The average Bonchev–Trinajstić information content (AvgIpc) is 3.25. The Bertz CT molecular complexity index is 1400. The molecule has 186 valence electrons. The van der Waals surface area contributed by atoms with E-state index < -0.39 is 5.92 Å². The van der Waals surface area contributed by atoms with Crippen LogP contribution in [0.25, 0.3) is 0 Å². The van der Waals surface area contributed by atoms with Crippen molar-refractivity contribution >= 4 is 74.7 Å². The van der Waals surface area contributed by atoms with E-state index in [0.717, 1.165) is 15.5 Å². The van der Waals surface area contributed by atoms with Crippen molar-refractivity contribution in [2.45, 2.75) is 49.1 Å². The van der Waals surface area contributed by atoms with E-state index in [9.17, 15) is 9.59 Å². The molecule has 2 aliphatic rings. The van der Waals surface area contributed by atoms with Crippen molar-refractivity contribution in [2.75, 3.05) is 4.90 Å². The summed E-state index contributed by atoms with van der Waals surface area (Å²) in [7, 11) is 0. The molecule has 2 aromatic carbocycles. The zero-order valence-electron chi connectivity index (χ0n) is 19.6. The van der Waals surface area contributed by atoms with Crippen LogP contribution < -0.4 is 4.90 Å². The van der Waals surface area contributed by atoms with Crippen LogP contribution in [0.15, 0.2) is 58.1 Å². The fourth-order valence-electron chi connectivity index (χ4n) is 4.79. The maximum atomic E-state index is 13.6. The van der Waals surface area contributed by atoms with E-state index in [2.05, 4.69) is 10.2 Å². The number of nitrogens with zero attached hydrogens (tertiary/aromatic N) is 3. The molecular formula is C26H22Cl3N3O2S2. The van der Waals surface area contributed by atoms with Crippen molar-refractivity contribution in [3.05, 3.63) is 79.9 Å². The lowest BCUT2D eigenvalue weighted by molar-refractivity contribution is -0.121. The highest BCUT2D eigenvalue weighted by molar-refractivity contribution is 8.00. The number of Topliss-reactive ketones (excluding diaryl/α,β-unsaturated/α-hetero) is 1. The topological polar surface area (TPSA) is 63.2 Å². The van der Waals surface area contributed by atoms with Crippen LogP contribution in [-0.4, -0.2) is 21.9 Å². The van der Waals surface area contributed by atoms with E-state index in [0.29, 0.717) is 50.1 Å². The molecule has 0 N–H and O–H groups in total. The van der Waals surface area contributed by atoms with Gasteiger partial charge in [0.2, 0.25) is 11.0 Å². The van der Waals surface area contributed by atoms with Gasteiger partial charge in [0.25, 0.3) is 0 Å². The molecule has 0 saturated heterocycles. The highest BCUT2D eigenvalue weighted by Gasteiger charge is 2.45. The smallest absolute Gasteiger partial charge is 0.234 e. The van der Waals surface area contributed by atoms with Crippen LogP contribution >= 0.6 is 57.9 Å². The van der Waals surface area contributed by atoms with Crippen LogP contribution in [0.1, 0.15) is 50.2 Å². The van der Waals surface area contributed by atoms with Gasteiger partial charge in [-0.1, -0.05) is 96.0 Å². The number of carbonyl (C=O) groups is 2. The van der Waals surface area contributed by atoms with Crippen molar-refractivity contribution in [2.24, 2.45) is 5.41 Å². The van der Waals surface area contributed by atoms with Gasteiger partial charge in [0.1, 0.15) is 0 Å². The third-order valence-corrected chi connectivity index (χ3v) is 9.40. The van der Waals surface area contributed by atoms with Gasteiger partial charge in [0.05, 0.1) is 0 Å². The van der Waals surface area contributed by atoms with E-state index in [-0.39, 0.29) is 23.5 Å². The molecule has 1 aromatic heterocycles. The Morgan fingerprint density at radius 2 is 1.83 bits per heavy atom. The van der Waals surface area contributed by atoms with Crippen molar-refractivity contribution in [3.63, 3.8) is 0 Å². The molecule has 5 nitrogen and oxygen atoms in total. The minimum atomic E-state index is -0.417. The molecule has 2 heterocycles. The lowest BCUT2D eigenvalue weighted by atomic mass is 9.69. The number of hydrogen-bond donors (Lipinski definition) is 0. The monoisotopic (exact) mass is 577 g/mol. The number of halogens is 3. The summed E-state index contributed by atoms with van der Waals surface area (Å²) in [6.45, 7) is 4.09. The summed E-state index contributed by atoms with van der Waals surface area (Å²) in [4.78, 5) is 28.7. The predicted octanol–water partition coefficient (Wildman–Crippen LogP) is 7.95. The molecular weight excluding hydrogens is 557 g/mol. The van der Waals surface area contributed by atoms with Gasteiger partial charge in [-0.05, 0) is 41.2 Å². The number of amides is 1. The molecule has 0 bridgehead atoms. The van der Waals surface area contributed by atoms with Gasteiger partial charge in [-0.15, -0.1) is 10.2 Å². The Labute approximate surface area is 232 Å². The fraction of sp³-hybridized carbons (Fsp3) is 0.308. The Morgan fingerprint density at radius 3 is 2.58 bits per heavy atom. The molecule has 0 saturated carbocycles. The van der Waals surface area contributed by atoms with E-state index in [1.165, 1.54) is 23.1 Å². The van der Waals surface area contributed by atoms with Gasteiger partial charge in [0.15, 0.2) is 10.1 Å².